The molecule has 1 amide bonds. The van der Waals surface area contributed by atoms with Crippen molar-refractivity contribution in [1.82, 2.24) is 9.80 Å². The van der Waals surface area contributed by atoms with Gasteiger partial charge in [0.2, 0.25) is 0 Å². The van der Waals surface area contributed by atoms with Gasteiger partial charge in [-0.15, -0.1) is 0 Å². The van der Waals surface area contributed by atoms with Crippen LogP contribution in [-0.4, -0.2) is 47.6 Å². The number of amides is 1. The second-order valence-electron chi connectivity index (χ2n) is 2.69. The number of thioether (sulfide) groups is 1. The van der Waals surface area contributed by atoms with Crippen molar-refractivity contribution in [1.29, 1.82) is 0 Å². The summed E-state index contributed by atoms with van der Waals surface area (Å²) >= 11 is 1.42. The van der Waals surface area contributed by atoms with Gasteiger partial charge >= 0.3 is 0 Å². The molecule has 3 nitrogen and oxygen atoms in total. The minimum Gasteiger partial charge on any atom is -0.320 e. The second kappa shape index (κ2) is 3.97. The summed E-state index contributed by atoms with van der Waals surface area (Å²) in [5.41, 5.74) is 0. The van der Waals surface area contributed by atoms with Crippen molar-refractivity contribution in [2.45, 2.75) is 6.92 Å². The van der Waals surface area contributed by atoms with Crippen molar-refractivity contribution in [2.24, 2.45) is 0 Å². The fourth-order valence-corrected chi connectivity index (χ4v) is 1.76. The van der Waals surface area contributed by atoms with Crippen LogP contribution < -0.4 is 0 Å². The molecule has 0 unspecified atom stereocenters. The van der Waals surface area contributed by atoms with E-state index in [1.165, 1.54) is 11.8 Å². The molecular formula is C7H14N2OS. The van der Waals surface area contributed by atoms with E-state index in [0.717, 1.165) is 25.5 Å². The lowest BCUT2D eigenvalue weighted by Gasteiger charge is -2.21. The second-order valence-corrected chi connectivity index (χ2v) is 3.74. The fourth-order valence-electron chi connectivity index (χ4n) is 0.946. The van der Waals surface area contributed by atoms with Crippen LogP contribution in [0.2, 0.25) is 0 Å². The number of carbonyl (C=O) groups is 1. The molecule has 0 N–H and O–H groups in total. The van der Waals surface area contributed by atoms with E-state index >= 15 is 0 Å². The minimum atomic E-state index is 0.227. The van der Waals surface area contributed by atoms with Crippen molar-refractivity contribution in [3.05, 3.63) is 0 Å². The van der Waals surface area contributed by atoms with Gasteiger partial charge in [0, 0.05) is 12.3 Å². The van der Waals surface area contributed by atoms with E-state index in [9.17, 15) is 4.79 Å². The molecule has 11 heavy (non-hydrogen) atoms. The van der Waals surface area contributed by atoms with Crippen molar-refractivity contribution < 1.29 is 4.79 Å². The first-order valence-electron chi connectivity index (χ1n) is 3.84. The minimum absolute atomic E-state index is 0.227. The number of hydrogen-bond donors (Lipinski definition) is 0. The monoisotopic (exact) mass is 174 g/mol. The quantitative estimate of drug-likeness (QED) is 0.639. The fraction of sp³-hybridized carbons (Fsp3) is 0.857. The Kier molecular flexibility index (Phi) is 3.20. The van der Waals surface area contributed by atoms with E-state index < -0.39 is 0 Å². The van der Waals surface area contributed by atoms with Crippen LogP contribution in [0, 0.1) is 0 Å². The zero-order valence-corrected chi connectivity index (χ0v) is 7.86. The Morgan fingerprint density at radius 3 is 2.91 bits per heavy atom. The summed E-state index contributed by atoms with van der Waals surface area (Å²) in [6, 6.07) is 0. The standard InChI is InChI=1S/C7H14N2OS/c1-3-8(2)6-9-4-5-11-7(9)10/h3-6H2,1-2H3. The molecule has 0 aromatic rings. The summed E-state index contributed by atoms with van der Waals surface area (Å²) in [4.78, 5) is 15.1. The smallest absolute Gasteiger partial charge is 0.282 e. The molecule has 0 aromatic heterocycles. The summed E-state index contributed by atoms with van der Waals surface area (Å²) in [5, 5.41) is 0.227. The Hall–Kier alpha value is -0.220. The van der Waals surface area contributed by atoms with Gasteiger partial charge in [-0.1, -0.05) is 18.7 Å². The zero-order valence-electron chi connectivity index (χ0n) is 7.04. The van der Waals surface area contributed by atoms with Gasteiger partial charge in [-0.05, 0) is 13.6 Å². The third kappa shape index (κ3) is 2.38. The summed E-state index contributed by atoms with van der Waals surface area (Å²) in [5.74, 6) is 0.955. The lowest BCUT2D eigenvalue weighted by Crippen LogP contribution is -2.35. The number of carbonyl (C=O) groups excluding carboxylic acids is 1. The number of nitrogens with zero attached hydrogens (tertiary/aromatic N) is 2. The molecule has 0 bridgehead atoms. The molecule has 0 atom stereocenters. The zero-order chi connectivity index (χ0) is 8.27. The lowest BCUT2D eigenvalue weighted by atomic mass is 10.6. The van der Waals surface area contributed by atoms with E-state index in [0.29, 0.717) is 0 Å². The van der Waals surface area contributed by atoms with E-state index in [-0.39, 0.29) is 5.24 Å². The molecule has 1 saturated heterocycles. The van der Waals surface area contributed by atoms with Gasteiger partial charge in [0.1, 0.15) is 0 Å². The van der Waals surface area contributed by atoms with Gasteiger partial charge in [-0.2, -0.15) is 0 Å². The topological polar surface area (TPSA) is 23.6 Å². The molecule has 4 heteroatoms. The van der Waals surface area contributed by atoms with Crippen molar-refractivity contribution in [3.8, 4) is 0 Å². The normalized spacial score (nSPS) is 18.5. The van der Waals surface area contributed by atoms with Gasteiger partial charge in [-0.3, -0.25) is 9.69 Å². The van der Waals surface area contributed by atoms with Crippen LogP contribution in [0.3, 0.4) is 0 Å². The van der Waals surface area contributed by atoms with E-state index in [1.54, 1.807) is 0 Å². The number of rotatable bonds is 3. The van der Waals surface area contributed by atoms with E-state index in [4.69, 9.17) is 0 Å². The Morgan fingerprint density at radius 2 is 2.45 bits per heavy atom. The SMILES string of the molecule is CCN(C)CN1CCSC1=O. The lowest BCUT2D eigenvalue weighted by molar-refractivity contribution is 0.186. The highest BCUT2D eigenvalue weighted by Crippen LogP contribution is 2.16. The van der Waals surface area contributed by atoms with Crippen molar-refractivity contribution >= 4 is 17.0 Å². The maximum atomic E-state index is 11.1. The van der Waals surface area contributed by atoms with Crippen molar-refractivity contribution in [2.75, 3.05) is 32.6 Å². The first-order valence-corrected chi connectivity index (χ1v) is 4.83. The third-order valence-corrected chi connectivity index (χ3v) is 2.69. The third-order valence-electron chi connectivity index (χ3n) is 1.80. The molecule has 64 valence electrons. The summed E-state index contributed by atoms with van der Waals surface area (Å²) in [6.45, 7) is 4.78. The molecule has 0 aliphatic carbocycles. The molecule has 1 aliphatic rings. The van der Waals surface area contributed by atoms with Crippen LogP contribution in [0.15, 0.2) is 0 Å². The average Bonchev–Trinajstić information content (AvgIpc) is 2.37. The molecule has 0 aromatic carbocycles. The van der Waals surface area contributed by atoms with Crippen LogP contribution >= 0.6 is 11.8 Å². The largest absolute Gasteiger partial charge is 0.320 e. The Balaban J connectivity index is 2.30. The first kappa shape index (κ1) is 8.87. The summed E-state index contributed by atoms with van der Waals surface area (Å²) in [6.07, 6.45) is 0. The Labute approximate surface area is 71.7 Å². The van der Waals surface area contributed by atoms with Crippen molar-refractivity contribution in [3.63, 3.8) is 0 Å². The molecule has 1 rings (SSSR count). The molecule has 0 saturated carbocycles. The van der Waals surface area contributed by atoms with Gasteiger partial charge in [0.15, 0.2) is 0 Å². The van der Waals surface area contributed by atoms with Crippen LogP contribution in [0.5, 0.6) is 0 Å². The van der Waals surface area contributed by atoms with Gasteiger partial charge in [-0.25, -0.2) is 0 Å². The van der Waals surface area contributed by atoms with Gasteiger partial charge in [0.05, 0.1) is 6.67 Å². The van der Waals surface area contributed by atoms with Crippen LogP contribution in [0.1, 0.15) is 6.92 Å². The maximum absolute atomic E-state index is 11.1. The highest BCUT2D eigenvalue weighted by Gasteiger charge is 2.21. The highest BCUT2D eigenvalue weighted by atomic mass is 32.2. The Bertz CT molecular complexity index is 151. The molecule has 0 radical (unpaired) electrons. The van der Waals surface area contributed by atoms with Crippen LogP contribution in [0.25, 0.3) is 0 Å². The van der Waals surface area contributed by atoms with E-state index in [2.05, 4.69) is 11.8 Å². The molecule has 0 spiro atoms. The first-order chi connectivity index (χ1) is 5.24. The maximum Gasteiger partial charge on any atom is 0.282 e. The average molecular weight is 174 g/mol. The van der Waals surface area contributed by atoms with Crippen LogP contribution in [-0.2, 0) is 0 Å². The van der Waals surface area contributed by atoms with Gasteiger partial charge < -0.3 is 4.90 Å². The number of hydrogen-bond acceptors (Lipinski definition) is 3. The Morgan fingerprint density at radius 1 is 1.73 bits per heavy atom. The molecule has 1 aliphatic heterocycles. The molecular weight excluding hydrogens is 160 g/mol. The summed E-state index contributed by atoms with van der Waals surface area (Å²) < 4.78 is 0. The summed E-state index contributed by atoms with van der Waals surface area (Å²) in [7, 11) is 2.02. The van der Waals surface area contributed by atoms with Crippen LogP contribution in [0.4, 0.5) is 4.79 Å². The predicted octanol–water partition coefficient (Wildman–Crippen LogP) is 1.06. The molecule has 1 heterocycles. The molecule has 1 fully saturated rings. The predicted molar refractivity (Wildman–Crippen MR) is 47.7 cm³/mol. The van der Waals surface area contributed by atoms with E-state index in [1.807, 2.05) is 11.9 Å². The highest BCUT2D eigenvalue weighted by molar-refractivity contribution is 8.13. The van der Waals surface area contributed by atoms with Gasteiger partial charge in [0.25, 0.3) is 5.24 Å².